The van der Waals surface area contributed by atoms with E-state index in [0.717, 1.165) is 38.0 Å². The van der Waals surface area contributed by atoms with Crippen LogP contribution in [-0.2, 0) is 4.79 Å². The molecule has 112 valence electrons. The minimum absolute atomic E-state index is 0.0670. The fraction of sp³-hybridized carbons (Fsp3) is 0.562. The Morgan fingerprint density at radius 2 is 2.33 bits per heavy atom. The highest BCUT2D eigenvalue weighted by Gasteiger charge is 2.45. The minimum Gasteiger partial charge on any atom is -0.348 e. The highest BCUT2D eigenvalue weighted by molar-refractivity contribution is 5.93. The topological polar surface area (TPSA) is 71.1 Å². The van der Waals surface area contributed by atoms with E-state index in [-0.39, 0.29) is 17.4 Å². The van der Waals surface area contributed by atoms with Crippen LogP contribution < -0.4 is 10.6 Å². The number of aromatic nitrogens is 1. The van der Waals surface area contributed by atoms with Gasteiger partial charge in [-0.2, -0.15) is 0 Å². The Bertz CT molecular complexity index is 564. The van der Waals surface area contributed by atoms with Crippen molar-refractivity contribution in [1.29, 1.82) is 0 Å². The third kappa shape index (κ3) is 2.83. The summed E-state index contributed by atoms with van der Waals surface area (Å²) < 4.78 is 0. The molecule has 2 aliphatic rings. The zero-order valence-corrected chi connectivity index (χ0v) is 12.3. The van der Waals surface area contributed by atoms with Crippen LogP contribution in [0.4, 0.5) is 0 Å². The summed E-state index contributed by atoms with van der Waals surface area (Å²) >= 11 is 0. The predicted octanol–water partition coefficient (Wildman–Crippen LogP) is 1.22. The third-order valence-corrected chi connectivity index (χ3v) is 4.65. The molecule has 2 atom stereocenters. The summed E-state index contributed by atoms with van der Waals surface area (Å²) in [5.74, 6) is 0.214. The molecule has 1 aromatic rings. The average molecular weight is 287 g/mol. The normalized spacial score (nSPS) is 28.8. The van der Waals surface area contributed by atoms with E-state index in [2.05, 4.69) is 15.6 Å². The van der Waals surface area contributed by atoms with E-state index in [9.17, 15) is 9.59 Å². The van der Waals surface area contributed by atoms with Crippen molar-refractivity contribution in [2.45, 2.75) is 38.6 Å². The molecule has 1 unspecified atom stereocenters. The van der Waals surface area contributed by atoms with Crippen LogP contribution in [-0.4, -0.2) is 35.8 Å². The number of hydrogen-bond acceptors (Lipinski definition) is 4. The molecule has 3 rings (SSSR count). The van der Waals surface area contributed by atoms with Gasteiger partial charge in [0.15, 0.2) is 0 Å². The number of ketones is 1. The maximum atomic E-state index is 12.3. The zero-order chi connectivity index (χ0) is 14.9. The van der Waals surface area contributed by atoms with E-state index >= 15 is 0 Å². The first-order valence-electron chi connectivity index (χ1n) is 7.58. The highest BCUT2D eigenvalue weighted by Crippen LogP contribution is 2.38. The Hall–Kier alpha value is -1.75. The zero-order valence-electron chi connectivity index (χ0n) is 12.3. The van der Waals surface area contributed by atoms with Crippen LogP contribution in [0, 0.1) is 12.3 Å². The van der Waals surface area contributed by atoms with Crippen molar-refractivity contribution in [3.05, 3.63) is 29.6 Å². The fourth-order valence-electron chi connectivity index (χ4n) is 3.47. The summed E-state index contributed by atoms with van der Waals surface area (Å²) in [6, 6.07) is 5.50. The summed E-state index contributed by atoms with van der Waals surface area (Å²) in [5, 5.41) is 6.33. The van der Waals surface area contributed by atoms with Gasteiger partial charge in [0, 0.05) is 30.1 Å². The van der Waals surface area contributed by atoms with Gasteiger partial charge in [0.05, 0.1) is 0 Å². The third-order valence-electron chi connectivity index (χ3n) is 4.65. The molecule has 1 spiro atoms. The lowest BCUT2D eigenvalue weighted by atomic mass is 9.70. The maximum absolute atomic E-state index is 12.3. The SMILES string of the molecule is Cc1cccc(C(=O)N[C@H]2CCC(=O)C3(CCNC3)C2)n1. The molecule has 5 nitrogen and oxygen atoms in total. The maximum Gasteiger partial charge on any atom is 0.270 e. The molecule has 1 saturated heterocycles. The predicted molar refractivity (Wildman–Crippen MR) is 79.0 cm³/mol. The second-order valence-corrected chi connectivity index (χ2v) is 6.21. The van der Waals surface area contributed by atoms with Crippen molar-refractivity contribution in [3.8, 4) is 0 Å². The molecule has 21 heavy (non-hydrogen) atoms. The highest BCUT2D eigenvalue weighted by atomic mass is 16.2. The standard InChI is InChI=1S/C16H21N3O2/c1-11-3-2-4-13(18-11)15(21)19-12-5-6-14(20)16(9-12)7-8-17-10-16/h2-4,12,17H,5-10H2,1H3,(H,19,21)/t12-,16?/m0/s1. The second-order valence-electron chi connectivity index (χ2n) is 6.21. The first-order chi connectivity index (χ1) is 10.1. The number of nitrogens with zero attached hydrogens (tertiary/aromatic N) is 1. The molecule has 0 bridgehead atoms. The van der Waals surface area contributed by atoms with Gasteiger partial charge < -0.3 is 10.6 Å². The van der Waals surface area contributed by atoms with Gasteiger partial charge in [0.25, 0.3) is 5.91 Å². The molecule has 1 amide bonds. The van der Waals surface area contributed by atoms with E-state index < -0.39 is 0 Å². The van der Waals surface area contributed by atoms with Crippen molar-refractivity contribution in [3.63, 3.8) is 0 Å². The summed E-state index contributed by atoms with van der Waals surface area (Å²) in [6.45, 7) is 3.52. The molecular formula is C16H21N3O2. The molecule has 1 aromatic heterocycles. The quantitative estimate of drug-likeness (QED) is 0.858. The molecular weight excluding hydrogens is 266 g/mol. The molecule has 0 radical (unpaired) electrons. The van der Waals surface area contributed by atoms with Gasteiger partial charge in [0.2, 0.25) is 0 Å². The van der Waals surface area contributed by atoms with Crippen molar-refractivity contribution < 1.29 is 9.59 Å². The van der Waals surface area contributed by atoms with Gasteiger partial charge in [-0.3, -0.25) is 9.59 Å². The van der Waals surface area contributed by atoms with Crippen molar-refractivity contribution in [1.82, 2.24) is 15.6 Å². The van der Waals surface area contributed by atoms with E-state index in [1.54, 1.807) is 6.07 Å². The first-order valence-corrected chi connectivity index (χ1v) is 7.58. The molecule has 0 aromatic carbocycles. The lowest BCUT2D eigenvalue weighted by Crippen LogP contribution is -2.47. The van der Waals surface area contributed by atoms with Crippen LogP contribution in [0.1, 0.15) is 41.9 Å². The van der Waals surface area contributed by atoms with Gasteiger partial charge in [-0.25, -0.2) is 4.98 Å². The molecule has 1 saturated carbocycles. The summed E-state index contributed by atoms with van der Waals surface area (Å²) in [5.41, 5.74) is 1.03. The van der Waals surface area contributed by atoms with Crippen LogP contribution >= 0.6 is 0 Å². The monoisotopic (exact) mass is 287 g/mol. The van der Waals surface area contributed by atoms with Crippen LogP contribution in [0.2, 0.25) is 0 Å². The largest absolute Gasteiger partial charge is 0.348 e. The van der Waals surface area contributed by atoms with Crippen molar-refractivity contribution in [2.75, 3.05) is 13.1 Å². The number of carbonyl (C=O) groups is 2. The molecule has 2 heterocycles. The number of amides is 1. The minimum atomic E-state index is -0.254. The number of hydrogen-bond donors (Lipinski definition) is 2. The number of nitrogens with one attached hydrogen (secondary N) is 2. The average Bonchev–Trinajstić information content (AvgIpc) is 2.92. The Labute approximate surface area is 124 Å². The second kappa shape index (κ2) is 5.56. The molecule has 1 aliphatic heterocycles. The van der Waals surface area contributed by atoms with Gasteiger partial charge in [0.1, 0.15) is 11.5 Å². The summed E-state index contributed by atoms with van der Waals surface area (Å²) in [4.78, 5) is 28.7. The lowest BCUT2D eigenvalue weighted by molar-refractivity contribution is -0.130. The van der Waals surface area contributed by atoms with E-state index in [0.29, 0.717) is 17.9 Å². The molecule has 2 fully saturated rings. The van der Waals surface area contributed by atoms with Crippen LogP contribution in [0.5, 0.6) is 0 Å². The van der Waals surface area contributed by atoms with Gasteiger partial charge >= 0.3 is 0 Å². The fourth-order valence-corrected chi connectivity index (χ4v) is 3.47. The van der Waals surface area contributed by atoms with Gasteiger partial charge in [-0.05, 0) is 44.9 Å². The molecule has 1 aliphatic carbocycles. The first kappa shape index (κ1) is 14.2. The van der Waals surface area contributed by atoms with E-state index in [1.807, 2.05) is 19.1 Å². The van der Waals surface area contributed by atoms with Crippen LogP contribution in [0.25, 0.3) is 0 Å². The Morgan fingerprint density at radius 3 is 3.05 bits per heavy atom. The molecule has 2 N–H and O–H groups in total. The lowest BCUT2D eigenvalue weighted by Gasteiger charge is -2.36. The molecule has 5 heteroatoms. The van der Waals surface area contributed by atoms with Gasteiger partial charge in [-0.15, -0.1) is 0 Å². The van der Waals surface area contributed by atoms with Gasteiger partial charge in [-0.1, -0.05) is 6.07 Å². The Kier molecular flexibility index (Phi) is 3.76. The van der Waals surface area contributed by atoms with Crippen molar-refractivity contribution >= 4 is 11.7 Å². The number of carbonyl (C=O) groups excluding carboxylic acids is 2. The number of rotatable bonds is 2. The van der Waals surface area contributed by atoms with E-state index in [1.165, 1.54) is 0 Å². The number of aryl methyl sites for hydroxylation is 1. The Balaban J connectivity index is 1.68. The summed E-state index contributed by atoms with van der Waals surface area (Å²) in [7, 11) is 0. The smallest absolute Gasteiger partial charge is 0.270 e. The van der Waals surface area contributed by atoms with Crippen LogP contribution in [0.3, 0.4) is 0 Å². The Morgan fingerprint density at radius 1 is 1.48 bits per heavy atom. The van der Waals surface area contributed by atoms with E-state index in [4.69, 9.17) is 0 Å². The number of pyridine rings is 1. The van der Waals surface area contributed by atoms with Crippen LogP contribution in [0.15, 0.2) is 18.2 Å². The van der Waals surface area contributed by atoms with Crippen molar-refractivity contribution in [2.24, 2.45) is 5.41 Å². The summed E-state index contributed by atoms with van der Waals surface area (Å²) in [6.07, 6.45) is 2.93. The number of Topliss-reactive ketones (excluding diaryl/α,β-unsaturated/α-hetero) is 1.